The van der Waals surface area contributed by atoms with Gasteiger partial charge in [-0.05, 0) is 13.0 Å². The summed E-state index contributed by atoms with van der Waals surface area (Å²) in [6.45, 7) is 0.585. The fourth-order valence-electron chi connectivity index (χ4n) is 0.984. The molecule has 0 radical (unpaired) electrons. The van der Waals surface area contributed by atoms with Gasteiger partial charge in [0, 0.05) is 5.56 Å². The second kappa shape index (κ2) is 3.93. The molecule has 0 saturated carbocycles. The van der Waals surface area contributed by atoms with E-state index in [0.29, 0.717) is 0 Å². The predicted molar refractivity (Wildman–Crippen MR) is 41.2 cm³/mol. The number of hydrogen-bond acceptors (Lipinski definition) is 3. The summed E-state index contributed by atoms with van der Waals surface area (Å²) < 4.78 is 43.0. The van der Waals surface area contributed by atoms with Crippen LogP contribution in [0.3, 0.4) is 0 Å². The number of carbonyl (C=O) groups is 1. The molecule has 1 aromatic rings. The molecular formula is C8H7F3O4. The summed E-state index contributed by atoms with van der Waals surface area (Å²) >= 11 is 0. The van der Waals surface area contributed by atoms with Crippen LogP contribution in [0, 0.1) is 6.92 Å². The summed E-state index contributed by atoms with van der Waals surface area (Å²) in [5.41, 5.74) is 0.253. The Kier molecular flexibility index (Phi) is 3.04. The zero-order valence-electron chi connectivity index (χ0n) is 7.59. The van der Waals surface area contributed by atoms with Gasteiger partial charge >= 0.3 is 12.3 Å². The SMILES string of the molecule is Cc1cc(COC(F)(F)F)oc1C(=O)O. The molecule has 7 heteroatoms. The molecule has 0 atom stereocenters. The van der Waals surface area contributed by atoms with Gasteiger partial charge in [0.25, 0.3) is 0 Å². The van der Waals surface area contributed by atoms with E-state index in [2.05, 4.69) is 9.15 Å². The van der Waals surface area contributed by atoms with Crippen LogP contribution < -0.4 is 0 Å². The Morgan fingerprint density at radius 2 is 2.20 bits per heavy atom. The monoisotopic (exact) mass is 224 g/mol. The van der Waals surface area contributed by atoms with Gasteiger partial charge in [-0.3, -0.25) is 4.74 Å². The molecule has 4 nitrogen and oxygen atoms in total. The van der Waals surface area contributed by atoms with Crippen LogP contribution in [0.25, 0.3) is 0 Å². The first-order chi connectivity index (χ1) is 6.79. The maximum absolute atomic E-state index is 11.6. The van der Waals surface area contributed by atoms with Gasteiger partial charge in [0.2, 0.25) is 5.76 Å². The normalized spacial score (nSPS) is 11.7. The highest BCUT2D eigenvalue weighted by molar-refractivity contribution is 5.86. The van der Waals surface area contributed by atoms with Gasteiger partial charge < -0.3 is 9.52 Å². The zero-order chi connectivity index (χ0) is 11.6. The van der Waals surface area contributed by atoms with Gasteiger partial charge in [0.05, 0.1) is 0 Å². The first kappa shape index (κ1) is 11.6. The van der Waals surface area contributed by atoms with Gasteiger partial charge in [-0.1, -0.05) is 0 Å². The second-order valence-electron chi connectivity index (χ2n) is 2.76. The van der Waals surface area contributed by atoms with E-state index in [0.717, 1.165) is 0 Å². The fourth-order valence-corrected chi connectivity index (χ4v) is 0.984. The third kappa shape index (κ3) is 3.28. The molecule has 0 spiro atoms. The molecule has 15 heavy (non-hydrogen) atoms. The van der Waals surface area contributed by atoms with Crippen molar-refractivity contribution in [1.82, 2.24) is 0 Å². The fraction of sp³-hybridized carbons (Fsp3) is 0.375. The Labute approximate surface area is 82.3 Å². The molecule has 1 rings (SSSR count). The number of alkyl halides is 3. The molecule has 1 heterocycles. The lowest BCUT2D eigenvalue weighted by atomic mass is 10.3. The van der Waals surface area contributed by atoms with E-state index < -0.39 is 18.9 Å². The molecule has 0 saturated heterocycles. The zero-order valence-corrected chi connectivity index (χ0v) is 7.59. The molecule has 84 valence electrons. The Hall–Kier alpha value is -1.50. The molecule has 0 aliphatic rings. The Bertz CT molecular complexity index is 366. The van der Waals surface area contributed by atoms with Gasteiger partial charge in [-0.15, -0.1) is 13.2 Å². The van der Waals surface area contributed by atoms with Crippen LogP contribution in [0.1, 0.15) is 21.9 Å². The average Bonchev–Trinajstić information content (AvgIpc) is 2.42. The van der Waals surface area contributed by atoms with E-state index in [4.69, 9.17) is 5.11 Å². The number of aryl methyl sites for hydroxylation is 1. The van der Waals surface area contributed by atoms with E-state index in [9.17, 15) is 18.0 Å². The first-order valence-corrected chi connectivity index (χ1v) is 3.83. The smallest absolute Gasteiger partial charge is 0.475 e. The molecule has 1 aromatic heterocycles. The van der Waals surface area contributed by atoms with Crippen LogP contribution in [-0.2, 0) is 11.3 Å². The molecule has 0 aliphatic heterocycles. The Balaban J connectivity index is 2.72. The van der Waals surface area contributed by atoms with E-state index in [-0.39, 0.29) is 17.1 Å². The van der Waals surface area contributed by atoms with Gasteiger partial charge in [0.15, 0.2) is 0 Å². The summed E-state index contributed by atoms with van der Waals surface area (Å²) in [5.74, 6) is -1.89. The summed E-state index contributed by atoms with van der Waals surface area (Å²) in [4.78, 5) is 10.5. The van der Waals surface area contributed by atoms with E-state index in [1.54, 1.807) is 0 Å². The summed E-state index contributed by atoms with van der Waals surface area (Å²) in [6, 6.07) is 1.19. The minimum absolute atomic E-state index is 0.178. The van der Waals surface area contributed by atoms with Crippen LogP contribution in [0.5, 0.6) is 0 Å². The molecule has 0 unspecified atom stereocenters. The molecule has 0 fully saturated rings. The van der Waals surface area contributed by atoms with E-state index in [1.807, 2.05) is 0 Å². The number of carboxylic acid groups (broad SMARTS) is 1. The number of furan rings is 1. The average molecular weight is 224 g/mol. The van der Waals surface area contributed by atoms with Crippen molar-refractivity contribution in [3.63, 3.8) is 0 Å². The highest BCUT2D eigenvalue weighted by Crippen LogP contribution is 2.21. The minimum Gasteiger partial charge on any atom is -0.475 e. The van der Waals surface area contributed by atoms with Crippen LogP contribution in [0.2, 0.25) is 0 Å². The molecular weight excluding hydrogens is 217 g/mol. The highest BCUT2D eigenvalue weighted by Gasteiger charge is 2.29. The number of carboxylic acids is 1. The molecule has 0 aliphatic carbocycles. The third-order valence-corrected chi connectivity index (χ3v) is 1.54. The van der Waals surface area contributed by atoms with Crippen LogP contribution in [-0.4, -0.2) is 17.4 Å². The van der Waals surface area contributed by atoms with Gasteiger partial charge in [-0.25, -0.2) is 4.79 Å². The number of aromatic carboxylic acids is 1. The summed E-state index contributed by atoms with van der Waals surface area (Å²) in [5, 5.41) is 8.55. The van der Waals surface area contributed by atoms with Crippen LogP contribution in [0.4, 0.5) is 13.2 Å². The number of hydrogen-bond donors (Lipinski definition) is 1. The quantitative estimate of drug-likeness (QED) is 0.855. The van der Waals surface area contributed by atoms with Gasteiger partial charge in [-0.2, -0.15) is 0 Å². The largest absolute Gasteiger partial charge is 0.522 e. The molecule has 0 bridgehead atoms. The van der Waals surface area contributed by atoms with E-state index >= 15 is 0 Å². The van der Waals surface area contributed by atoms with Crippen molar-refractivity contribution in [3.8, 4) is 0 Å². The van der Waals surface area contributed by atoms with Gasteiger partial charge in [0.1, 0.15) is 12.4 Å². The summed E-state index contributed by atoms with van der Waals surface area (Å²) in [7, 11) is 0. The number of halogens is 3. The van der Waals surface area contributed by atoms with Crippen molar-refractivity contribution in [2.24, 2.45) is 0 Å². The number of ether oxygens (including phenoxy) is 1. The molecule has 0 amide bonds. The van der Waals surface area contributed by atoms with E-state index in [1.165, 1.54) is 13.0 Å². The van der Waals surface area contributed by atoms with Crippen molar-refractivity contribution >= 4 is 5.97 Å². The maximum atomic E-state index is 11.6. The first-order valence-electron chi connectivity index (χ1n) is 3.83. The standard InChI is InChI=1S/C8H7F3O4/c1-4-2-5(3-14-8(9,10)11)15-6(4)7(12)13/h2H,3H2,1H3,(H,12,13). The van der Waals surface area contributed by atoms with Crippen LogP contribution in [0.15, 0.2) is 10.5 Å². The van der Waals surface area contributed by atoms with Crippen molar-refractivity contribution in [3.05, 3.63) is 23.2 Å². The lowest BCUT2D eigenvalue weighted by Gasteiger charge is -2.04. The lowest BCUT2D eigenvalue weighted by molar-refractivity contribution is -0.331. The predicted octanol–water partition coefficient (Wildman–Crippen LogP) is 2.32. The van der Waals surface area contributed by atoms with Crippen molar-refractivity contribution < 1.29 is 32.2 Å². The lowest BCUT2D eigenvalue weighted by Crippen LogP contribution is -2.12. The minimum atomic E-state index is -4.76. The van der Waals surface area contributed by atoms with Crippen molar-refractivity contribution in [1.29, 1.82) is 0 Å². The second-order valence-corrected chi connectivity index (χ2v) is 2.76. The number of rotatable bonds is 3. The summed E-state index contributed by atoms with van der Waals surface area (Å²) in [6.07, 6.45) is -4.76. The third-order valence-electron chi connectivity index (χ3n) is 1.54. The Morgan fingerprint density at radius 3 is 2.60 bits per heavy atom. The maximum Gasteiger partial charge on any atom is 0.522 e. The van der Waals surface area contributed by atoms with Crippen LogP contribution >= 0.6 is 0 Å². The van der Waals surface area contributed by atoms with Crippen molar-refractivity contribution in [2.45, 2.75) is 19.9 Å². The highest BCUT2D eigenvalue weighted by atomic mass is 19.4. The molecule has 1 N–H and O–H groups in total. The topological polar surface area (TPSA) is 59.7 Å². The molecule has 0 aromatic carbocycles. The Morgan fingerprint density at radius 1 is 1.60 bits per heavy atom. The van der Waals surface area contributed by atoms with Crippen molar-refractivity contribution in [2.75, 3.05) is 0 Å².